The van der Waals surface area contributed by atoms with Crippen LogP contribution in [0.5, 0.6) is 0 Å². The predicted octanol–water partition coefficient (Wildman–Crippen LogP) is 1.79. The minimum atomic E-state index is -0.953. The summed E-state index contributed by atoms with van der Waals surface area (Å²) < 4.78 is 0.785. The van der Waals surface area contributed by atoms with Crippen molar-refractivity contribution in [2.24, 2.45) is 0 Å². The summed E-state index contributed by atoms with van der Waals surface area (Å²) in [5.74, 6) is -1.20. The van der Waals surface area contributed by atoms with Gasteiger partial charge in [-0.3, -0.25) is 14.5 Å². The first-order valence-corrected chi connectivity index (χ1v) is 6.18. The number of para-hydroxylation sites is 1. The van der Waals surface area contributed by atoms with E-state index in [9.17, 15) is 9.59 Å². The van der Waals surface area contributed by atoms with Crippen LogP contribution in [0.25, 0.3) is 0 Å². The quantitative estimate of drug-likeness (QED) is 0.869. The highest BCUT2D eigenvalue weighted by molar-refractivity contribution is 9.10. The zero-order valence-electron chi connectivity index (χ0n) is 10.2. The number of hydrogen-bond donors (Lipinski definition) is 2. The zero-order chi connectivity index (χ0) is 13.7. The first kappa shape index (κ1) is 14.7. The Morgan fingerprint density at radius 2 is 2.06 bits per heavy atom. The molecule has 0 fully saturated rings. The van der Waals surface area contributed by atoms with Gasteiger partial charge in [-0.1, -0.05) is 12.1 Å². The highest BCUT2D eigenvalue weighted by atomic mass is 79.9. The molecule has 0 aliphatic carbocycles. The summed E-state index contributed by atoms with van der Waals surface area (Å²) in [5, 5.41) is 11.5. The minimum absolute atomic E-state index is 0.0226. The van der Waals surface area contributed by atoms with Crippen molar-refractivity contribution in [1.29, 1.82) is 0 Å². The van der Waals surface area contributed by atoms with Gasteiger partial charge in [0.2, 0.25) is 5.91 Å². The van der Waals surface area contributed by atoms with Gasteiger partial charge in [0.05, 0.1) is 12.2 Å². The van der Waals surface area contributed by atoms with E-state index in [4.69, 9.17) is 5.11 Å². The standard InChI is InChI=1S/C12H15BrN2O3/c1-8(12(17)18)15(2)7-11(16)14-10-6-4-3-5-9(10)13/h3-6,8H,7H2,1-2H3,(H,14,16)(H,17,18). The van der Waals surface area contributed by atoms with Crippen molar-refractivity contribution in [3.63, 3.8) is 0 Å². The summed E-state index contributed by atoms with van der Waals surface area (Å²) in [6, 6.07) is 6.54. The van der Waals surface area contributed by atoms with E-state index in [1.54, 1.807) is 13.1 Å². The van der Waals surface area contributed by atoms with E-state index in [0.29, 0.717) is 5.69 Å². The summed E-state index contributed by atoms with van der Waals surface area (Å²) in [4.78, 5) is 24.0. The van der Waals surface area contributed by atoms with Crippen LogP contribution >= 0.6 is 15.9 Å². The summed E-state index contributed by atoms with van der Waals surface area (Å²) in [6.07, 6.45) is 0. The highest BCUT2D eigenvalue weighted by Crippen LogP contribution is 2.20. The maximum Gasteiger partial charge on any atom is 0.320 e. The first-order valence-electron chi connectivity index (χ1n) is 5.39. The van der Waals surface area contributed by atoms with Gasteiger partial charge < -0.3 is 10.4 Å². The smallest absolute Gasteiger partial charge is 0.320 e. The number of rotatable bonds is 5. The number of likely N-dealkylation sites (N-methyl/N-ethyl adjacent to an activating group) is 1. The number of carboxylic acids is 1. The van der Waals surface area contributed by atoms with E-state index in [1.165, 1.54) is 11.8 Å². The van der Waals surface area contributed by atoms with Crippen LogP contribution in [0.15, 0.2) is 28.7 Å². The van der Waals surface area contributed by atoms with Crippen molar-refractivity contribution in [2.75, 3.05) is 18.9 Å². The number of carbonyl (C=O) groups is 2. The van der Waals surface area contributed by atoms with Gasteiger partial charge in [-0.15, -0.1) is 0 Å². The molecular weight excluding hydrogens is 300 g/mol. The Labute approximate surface area is 114 Å². The van der Waals surface area contributed by atoms with Crippen molar-refractivity contribution in [1.82, 2.24) is 4.90 Å². The van der Waals surface area contributed by atoms with Gasteiger partial charge in [-0.2, -0.15) is 0 Å². The molecule has 6 heteroatoms. The number of carbonyl (C=O) groups excluding carboxylic acids is 1. The van der Waals surface area contributed by atoms with Crippen LogP contribution in [0.3, 0.4) is 0 Å². The van der Waals surface area contributed by atoms with Crippen molar-refractivity contribution < 1.29 is 14.7 Å². The van der Waals surface area contributed by atoms with Crippen LogP contribution in [-0.2, 0) is 9.59 Å². The summed E-state index contributed by atoms with van der Waals surface area (Å²) in [6.45, 7) is 1.56. The lowest BCUT2D eigenvalue weighted by molar-refractivity contribution is -0.142. The minimum Gasteiger partial charge on any atom is -0.480 e. The van der Waals surface area contributed by atoms with E-state index >= 15 is 0 Å². The Morgan fingerprint density at radius 3 is 2.61 bits per heavy atom. The molecule has 0 heterocycles. The molecule has 1 unspecified atom stereocenters. The second-order valence-corrected chi connectivity index (χ2v) is 4.81. The van der Waals surface area contributed by atoms with Gasteiger partial charge in [-0.05, 0) is 42.0 Å². The molecule has 1 aromatic rings. The molecule has 5 nitrogen and oxygen atoms in total. The van der Waals surface area contributed by atoms with E-state index < -0.39 is 12.0 Å². The molecule has 2 N–H and O–H groups in total. The molecule has 0 bridgehead atoms. The zero-order valence-corrected chi connectivity index (χ0v) is 11.8. The molecule has 0 aliphatic heterocycles. The number of nitrogens with one attached hydrogen (secondary N) is 1. The summed E-state index contributed by atoms with van der Waals surface area (Å²) in [5.41, 5.74) is 0.666. The molecule has 0 spiro atoms. The van der Waals surface area contributed by atoms with E-state index in [1.807, 2.05) is 18.2 Å². The predicted molar refractivity (Wildman–Crippen MR) is 72.5 cm³/mol. The maximum absolute atomic E-state index is 11.7. The number of carboxylic acid groups (broad SMARTS) is 1. The van der Waals surface area contributed by atoms with Crippen LogP contribution in [0.1, 0.15) is 6.92 Å². The van der Waals surface area contributed by atoms with Gasteiger partial charge in [0, 0.05) is 4.47 Å². The lowest BCUT2D eigenvalue weighted by atomic mass is 10.3. The third kappa shape index (κ3) is 4.12. The number of halogens is 1. The fourth-order valence-corrected chi connectivity index (χ4v) is 1.69. The molecule has 1 rings (SSSR count). The van der Waals surface area contributed by atoms with Crippen LogP contribution in [-0.4, -0.2) is 41.5 Å². The molecule has 1 amide bonds. The topological polar surface area (TPSA) is 69.6 Å². The molecular formula is C12H15BrN2O3. The largest absolute Gasteiger partial charge is 0.480 e. The lowest BCUT2D eigenvalue weighted by Gasteiger charge is -2.20. The van der Waals surface area contributed by atoms with Gasteiger partial charge in [0.25, 0.3) is 0 Å². The molecule has 1 atom stereocenters. The Morgan fingerprint density at radius 1 is 1.44 bits per heavy atom. The highest BCUT2D eigenvalue weighted by Gasteiger charge is 2.19. The van der Waals surface area contributed by atoms with E-state index in [-0.39, 0.29) is 12.5 Å². The molecule has 18 heavy (non-hydrogen) atoms. The van der Waals surface area contributed by atoms with Crippen LogP contribution in [0, 0.1) is 0 Å². The van der Waals surface area contributed by atoms with E-state index in [2.05, 4.69) is 21.2 Å². The molecule has 0 aromatic heterocycles. The lowest BCUT2D eigenvalue weighted by Crippen LogP contribution is -2.40. The van der Waals surface area contributed by atoms with Gasteiger partial charge in [0.15, 0.2) is 0 Å². The number of anilines is 1. The van der Waals surface area contributed by atoms with E-state index in [0.717, 1.165) is 4.47 Å². The Kier molecular flexibility index (Phi) is 5.30. The van der Waals surface area contributed by atoms with Crippen molar-refractivity contribution in [3.05, 3.63) is 28.7 Å². The van der Waals surface area contributed by atoms with Crippen molar-refractivity contribution in [3.8, 4) is 0 Å². The second-order valence-electron chi connectivity index (χ2n) is 3.96. The average Bonchev–Trinajstić information content (AvgIpc) is 2.30. The summed E-state index contributed by atoms with van der Waals surface area (Å²) >= 11 is 3.32. The van der Waals surface area contributed by atoms with Crippen LogP contribution in [0.4, 0.5) is 5.69 Å². The van der Waals surface area contributed by atoms with Crippen molar-refractivity contribution in [2.45, 2.75) is 13.0 Å². The molecule has 0 aliphatic rings. The molecule has 0 radical (unpaired) electrons. The second kappa shape index (κ2) is 6.51. The average molecular weight is 315 g/mol. The Balaban J connectivity index is 2.57. The van der Waals surface area contributed by atoms with Gasteiger partial charge in [-0.25, -0.2) is 0 Å². The molecule has 0 saturated heterocycles. The maximum atomic E-state index is 11.7. The normalized spacial score (nSPS) is 12.2. The van der Waals surface area contributed by atoms with Crippen LogP contribution in [0.2, 0.25) is 0 Å². The SMILES string of the molecule is CC(C(=O)O)N(C)CC(=O)Nc1ccccc1Br. The van der Waals surface area contributed by atoms with Gasteiger partial charge in [0.1, 0.15) is 6.04 Å². The third-order valence-corrected chi connectivity index (χ3v) is 3.25. The summed E-state index contributed by atoms with van der Waals surface area (Å²) in [7, 11) is 1.60. The number of nitrogens with zero attached hydrogens (tertiary/aromatic N) is 1. The third-order valence-electron chi connectivity index (χ3n) is 2.56. The fourth-order valence-electron chi connectivity index (χ4n) is 1.30. The number of hydrogen-bond acceptors (Lipinski definition) is 3. The Bertz CT molecular complexity index is 451. The number of benzene rings is 1. The molecule has 0 saturated carbocycles. The monoisotopic (exact) mass is 314 g/mol. The Hall–Kier alpha value is -1.40. The number of amides is 1. The molecule has 98 valence electrons. The van der Waals surface area contributed by atoms with Crippen molar-refractivity contribution >= 4 is 33.5 Å². The number of aliphatic carboxylic acids is 1. The fraction of sp³-hybridized carbons (Fsp3) is 0.333. The van der Waals surface area contributed by atoms with Crippen LogP contribution < -0.4 is 5.32 Å². The molecule has 1 aromatic carbocycles. The first-order chi connectivity index (χ1) is 8.41. The van der Waals surface area contributed by atoms with Gasteiger partial charge >= 0.3 is 5.97 Å².